The minimum Gasteiger partial charge on any atom is -0.352 e. The molecule has 0 saturated carbocycles. The summed E-state index contributed by atoms with van der Waals surface area (Å²) in [6, 6.07) is 9.92. The highest BCUT2D eigenvalue weighted by Gasteiger charge is 2.39. The standard InChI is InChI=1S/C22H16FN3O4/c23-14-2-4-16-12(8-14)9-17(24-16)20(28)11-1-3-15-13(7-11)10-26(22(15)30)18-5-6-19(27)25-21(18)29/h1-4,7-9,18,24H,5-6,10H2,(H,25,27,29). The number of ketones is 1. The van der Waals surface area contributed by atoms with Gasteiger partial charge in [-0.2, -0.15) is 0 Å². The van der Waals surface area contributed by atoms with E-state index in [0.717, 1.165) is 0 Å². The largest absolute Gasteiger partial charge is 0.352 e. The number of nitrogens with zero attached hydrogens (tertiary/aromatic N) is 1. The van der Waals surface area contributed by atoms with Gasteiger partial charge in [-0.05, 0) is 48.4 Å². The van der Waals surface area contributed by atoms with Crippen LogP contribution in [-0.4, -0.2) is 39.4 Å². The second kappa shape index (κ2) is 6.62. The number of nitrogens with one attached hydrogen (secondary N) is 2. The van der Waals surface area contributed by atoms with Gasteiger partial charge < -0.3 is 9.88 Å². The lowest BCUT2D eigenvalue weighted by atomic mass is 10.0. The number of carbonyl (C=O) groups excluding carboxylic acids is 4. The second-order valence-corrected chi connectivity index (χ2v) is 7.52. The summed E-state index contributed by atoms with van der Waals surface area (Å²) in [5.74, 6) is -1.77. The van der Waals surface area contributed by atoms with Crippen LogP contribution >= 0.6 is 0 Å². The molecule has 150 valence electrons. The lowest BCUT2D eigenvalue weighted by Gasteiger charge is -2.29. The molecule has 0 aliphatic carbocycles. The molecule has 1 saturated heterocycles. The summed E-state index contributed by atoms with van der Waals surface area (Å²) in [5, 5.41) is 2.86. The van der Waals surface area contributed by atoms with E-state index >= 15 is 0 Å². The third-order valence-corrected chi connectivity index (χ3v) is 5.61. The quantitative estimate of drug-likeness (QED) is 0.516. The Kier molecular flexibility index (Phi) is 4.02. The van der Waals surface area contributed by atoms with Crippen molar-refractivity contribution in [3.63, 3.8) is 0 Å². The molecule has 0 radical (unpaired) electrons. The number of amides is 3. The van der Waals surface area contributed by atoms with Crippen molar-refractivity contribution in [1.29, 1.82) is 0 Å². The van der Waals surface area contributed by atoms with Crippen LogP contribution in [0.25, 0.3) is 10.9 Å². The van der Waals surface area contributed by atoms with Crippen molar-refractivity contribution in [2.75, 3.05) is 0 Å². The van der Waals surface area contributed by atoms with Crippen molar-refractivity contribution in [1.82, 2.24) is 15.2 Å². The van der Waals surface area contributed by atoms with Crippen LogP contribution < -0.4 is 5.32 Å². The average Bonchev–Trinajstić information content (AvgIpc) is 3.28. The lowest BCUT2D eigenvalue weighted by Crippen LogP contribution is -2.52. The van der Waals surface area contributed by atoms with Crippen LogP contribution in [-0.2, 0) is 16.1 Å². The molecule has 3 amide bonds. The van der Waals surface area contributed by atoms with Crippen molar-refractivity contribution in [3.05, 3.63) is 70.7 Å². The molecule has 5 rings (SSSR count). The van der Waals surface area contributed by atoms with E-state index in [4.69, 9.17) is 0 Å². The van der Waals surface area contributed by atoms with E-state index in [9.17, 15) is 23.6 Å². The van der Waals surface area contributed by atoms with Crippen molar-refractivity contribution >= 4 is 34.4 Å². The number of benzene rings is 2. The Hall–Kier alpha value is -3.81. The van der Waals surface area contributed by atoms with E-state index in [1.807, 2.05) is 0 Å². The number of rotatable bonds is 3. The van der Waals surface area contributed by atoms with E-state index < -0.39 is 11.9 Å². The molecule has 8 heteroatoms. The monoisotopic (exact) mass is 405 g/mol. The van der Waals surface area contributed by atoms with Crippen molar-refractivity contribution in [2.24, 2.45) is 0 Å². The van der Waals surface area contributed by atoms with E-state index in [2.05, 4.69) is 10.3 Å². The third-order valence-electron chi connectivity index (χ3n) is 5.61. The van der Waals surface area contributed by atoms with Gasteiger partial charge in [0.1, 0.15) is 11.9 Å². The molecule has 3 heterocycles. The Labute approximate surface area is 169 Å². The lowest BCUT2D eigenvalue weighted by molar-refractivity contribution is -0.136. The molecule has 1 fully saturated rings. The summed E-state index contributed by atoms with van der Waals surface area (Å²) in [6.45, 7) is 0.194. The van der Waals surface area contributed by atoms with Gasteiger partial charge in [0.15, 0.2) is 0 Å². The van der Waals surface area contributed by atoms with Gasteiger partial charge in [-0.3, -0.25) is 24.5 Å². The molecular formula is C22H16FN3O4. The van der Waals surface area contributed by atoms with Crippen LogP contribution in [0.2, 0.25) is 0 Å². The molecule has 0 spiro atoms. The van der Waals surface area contributed by atoms with Crippen LogP contribution in [0.15, 0.2) is 42.5 Å². The Morgan fingerprint density at radius 2 is 1.90 bits per heavy atom. The molecule has 7 nitrogen and oxygen atoms in total. The second-order valence-electron chi connectivity index (χ2n) is 7.52. The summed E-state index contributed by atoms with van der Waals surface area (Å²) in [7, 11) is 0. The topological polar surface area (TPSA) is 99.3 Å². The van der Waals surface area contributed by atoms with Gasteiger partial charge in [-0.1, -0.05) is 6.07 Å². The number of piperidine rings is 1. The van der Waals surface area contributed by atoms with Gasteiger partial charge in [0.05, 0.1) is 5.69 Å². The molecule has 1 unspecified atom stereocenters. The average molecular weight is 405 g/mol. The first-order valence-corrected chi connectivity index (χ1v) is 9.51. The molecule has 30 heavy (non-hydrogen) atoms. The SMILES string of the molecule is O=C1CCC(N2Cc3cc(C(=O)c4cc5cc(F)ccc5[nH]4)ccc3C2=O)C(=O)N1. The number of hydrogen-bond acceptors (Lipinski definition) is 4. The first kappa shape index (κ1) is 18.2. The summed E-state index contributed by atoms with van der Waals surface area (Å²) in [4.78, 5) is 53.6. The Morgan fingerprint density at radius 1 is 1.07 bits per heavy atom. The summed E-state index contributed by atoms with van der Waals surface area (Å²) in [5.41, 5.74) is 2.45. The first-order valence-electron chi connectivity index (χ1n) is 9.51. The van der Waals surface area contributed by atoms with Gasteiger partial charge in [-0.25, -0.2) is 4.39 Å². The minimum atomic E-state index is -0.703. The fourth-order valence-corrected chi connectivity index (χ4v) is 4.10. The van der Waals surface area contributed by atoms with Crippen LogP contribution in [0.4, 0.5) is 4.39 Å². The number of imide groups is 1. The zero-order valence-electron chi connectivity index (χ0n) is 15.7. The maximum atomic E-state index is 13.4. The Balaban J connectivity index is 1.42. The zero-order valence-corrected chi connectivity index (χ0v) is 15.7. The summed E-state index contributed by atoms with van der Waals surface area (Å²) in [6.07, 6.45) is 0.461. The van der Waals surface area contributed by atoms with Gasteiger partial charge in [0.25, 0.3) is 5.91 Å². The van der Waals surface area contributed by atoms with Crippen molar-refractivity contribution in [3.8, 4) is 0 Å². The number of hydrogen-bond donors (Lipinski definition) is 2. The summed E-state index contributed by atoms with van der Waals surface area (Å²) < 4.78 is 13.4. The summed E-state index contributed by atoms with van der Waals surface area (Å²) >= 11 is 0. The van der Waals surface area contributed by atoms with Gasteiger partial charge in [0, 0.05) is 35.0 Å². The maximum Gasteiger partial charge on any atom is 0.255 e. The van der Waals surface area contributed by atoms with Crippen LogP contribution in [0.1, 0.15) is 44.8 Å². The molecule has 2 aromatic carbocycles. The van der Waals surface area contributed by atoms with Crippen molar-refractivity contribution in [2.45, 2.75) is 25.4 Å². The molecule has 1 atom stereocenters. The van der Waals surface area contributed by atoms with Crippen LogP contribution in [0, 0.1) is 5.82 Å². The van der Waals surface area contributed by atoms with Crippen molar-refractivity contribution < 1.29 is 23.6 Å². The Bertz CT molecular complexity index is 1260. The van der Waals surface area contributed by atoms with Gasteiger partial charge in [0.2, 0.25) is 17.6 Å². The number of aromatic nitrogens is 1. The zero-order chi connectivity index (χ0) is 21.0. The fraction of sp³-hybridized carbons (Fsp3) is 0.182. The predicted octanol–water partition coefficient (Wildman–Crippen LogP) is 2.30. The first-order chi connectivity index (χ1) is 14.4. The number of aromatic amines is 1. The number of halogens is 1. The molecule has 2 aliphatic rings. The van der Waals surface area contributed by atoms with Crippen LogP contribution in [0.3, 0.4) is 0 Å². The normalized spacial score (nSPS) is 18.6. The molecule has 1 aromatic heterocycles. The minimum absolute atomic E-state index is 0.182. The smallest absolute Gasteiger partial charge is 0.255 e. The maximum absolute atomic E-state index is 13.4. The highest BCUT2D eigenvalue weighted by Crippen LogP contribution is 2.29. The number of fused-ring (bicyclic) bond motifs is 2. The molecule has 2 aliphatic heterocycles. The van der Waals surface area contributed by atoms with Crippen LogP contribution in [0.5, 0.6) is 0 Å². The van der Waals surface area contributed by atoms with E-state index in [1.165, 1.54) is 17.0 Å². The molecule has 2 N–H and O–H groups in total. The highest BCUT2D eigenvalue weighted by atomic mass is 19.1. The molecule has 3 aromatic rings. The Morgan fingerprint density at radius 3 is 2.70 bits per heavy atom. The number of carbonyl (C=O) groups is 4. The fourth-order valence-electron chi connectivity index (χ4n) is 4.10. The predicted molar refractivity (Wildman–Crippen MR) is 104 cm³/mol. The number of H-pyrrole nitrogens is 1. The van der Waals surface area contributed by atoms with Gasteiger partial charge >= 0.3 is 0 Å². The molecule has 0 bridgehead atoms. The van der Waals surface area contributed by atoms with E-state index in [-0.39, 0.29) is 42.8 Å². The van der Waals surface area contributed by atoms with E-state index in [0.29, 0.717) is 33.3 Å². The molecular weight excluding hydrogens is 389 g/mol. The third kappa shape index (κ3) is 2.88. The van der Waals surface area contributed by atoms with Gasteiger partial charge in [-0.15, -0.1) is 0 Å². The van der Waals surface area contributed by atoms with E-state index in [1.54, 1.807) is 30.3 Å². The highest BCUT2D eigenvalue weighted by molar-refractivity contribution is 6.11.